The van der Waals surface area contributed by atoms with Crippen LogP contribution < -0.4 is 4.31 Å². The van der Waals surface area contributed by atoms with Crippen molar-refractivity contribution in [1.82, 2.24) is 14.9 Å². The maximum Gasteiger partial charge on any atom is 0.259 e. The van der Waals surface area contributed by atoms with Crippen molar-refractivity contribution >= 4 is 30.1 Å². The van der Waals surface area contributed by atoms with Crippen LogP contribution in [0.4, 0.5) is 5.95 Å². The second-order valence-electron chi connectivity index (χ2n) is 7.06. The van der Waals surface area contributed by atoms with Gasteiger partial charge >= 0.3 is 0 Å². The first-order chi connectivity index (χ1) is 14.7. The summed E-state index contributed by atoms with van der Waals surface area (Å²) in [7, 11) is 1.95. The Hall–Kier alpha value is -3.19. The van der Waals surface area contributed by atoms with E-state index in [1.165, 1.54) is 5.56 Å². The Bertz CT molecular complexity index is 995. The highest BCUT2D eigenvalue weighted by atomic mass is 32.2. The molecule has 152 valence electrons. The number of nitrogens with zero attached hydrogens (tertiary/aromatic N) is 5. The van der Waals surface area contributed by atoms with Gasteiger partial charge in [0.15, 0.2) is 0 Å². The molecule has 1 aliphatic heterocycles. The van der Waals surface area contributed by atoms with E-state index >= 15 is 0 Å². The zero-order valence-electron chi connectivity index (χ0n) is 16.8. The van der Waals surface area contributed by atoms with Crippen LogP contribution >= 0.6 is 11.9 Å². The first-order valence-electron chi connectivity index (χ1n) is 9.86. The predicted octanol–water partition coefficient (Wildman–Crippen LogP) is 4.11. The molecule has 0 fully saturated rings. The normalized spacial score (nSPS) is 15.4. The summed E-state index contributed by atoms with van der Waals surface area (Å²) in [5.74, 6) is 0.690. The Morgan fingerprint density at radius 1 is 1.07 bits per heavy atom. The number of rotatable bonds is 7. The van der Waals surface area contributed by atoms with Gasteiger partial charge in [-0.15, -0.1) is 0 Å². The summed E-state index contributed by atoms with van der Waals surface area (Å²) in [6, 6.07) is 19.8. The van der Waals surface area contributed by atoms with Crippen molar-refractivity contribution in [3.8, 4) is 0 Å². The summed E-state index contributed by atoms with van der Waals surface area (Å²) in [5, 5.41) is 0. The lowest BCUT2D eigenvalue weighted by Crippen LogP contribution is -2.30. The van der Waals surface area contributed by atoms with Gasteiger partial charge in [-0.05, 0) is 60.7 Å². The maximum absolute atomic E-state index is 12.5. The fourth-order valence-electron chi connectivity index (χ4n) is 3.25. The lowest BCUT2D eigenvalue weighted by Gasteiger charge is -2.15. The number of anilines is 1. The van der Waals surface area contributed by atoms with Gasteiger partial charge in [0.1, 0.15) is 0 Å². The van der Waals surface area contributed by atoms with Crippen molar-refractivity contribution in [2.45, 2.75) is 23.8 Å². The van der Waals surface area contributed by atoms with Gasteiger partial charge in [-0.2, -0.15) is 0 Å². The molecule has 0 bridgehead atoms. The summed E-state index contributed by atoms with van der Waals surface area (Å²) in [5.41, 5.74) is 1.96. The van der Waals surface area contributed by atoms with Crippen LogP contribution in [0.2, 0.25) is 0 Å². The number of aliphatic imine (C=N–C) groups is 1. The van der Waals surface area contributed by atoms with Crippen LogP contribution in [0.15, 0.2) is 82.9 Å². The van der Waals surface area contributed by atoms with Gasteiger partial charge in [-0.1, -0.05) is 30.3 Å². The van der Waals surface area contributed by atoms with Crippen LogP contribution in [0.1, 0.15) is 22.3 Å². The molecule has 0 radical (unpaired) electrons. The largest absolute Gasteiger partial charge is 0.297 e. The SMILES string of the molecule is CN(Sc1ccc(CCC2CN(C(=O)c3ccccc3)C=N2)cc1)c1ncccn1. The molecule has 0 aliphatic carbocycles. The van der Waals surface area contributed by atoms with Crippen LogP contribution in [0, 0.1) is 0 Å². The zero-order chi connectivity index (χ0) is 20.8. The van der Waals surface area contributed by atoms with Crippen molar-refractivity contribution in [2.75, 3.05) is 17.9 Å². The van der Waals surface area contributed by atoms with E-state index in [9.17, 15) is 4.79 Å². The summed E-state index contributed by atoms with van der Waals surface area (Å²) < 4.78 is 1.95. The van der Waals surface area contributed by atoms with Gasteiger partial charge < -0.3 is 0 Å². The second-order valence-corrected chi connectivity index (χ2v) is 8.26. The number of hydrogen-bond donors (Lipinski definition) is 0. The molecule has 1 amide bonds. The number of benzene rings is 2. The van der Waals surface area contributed by atoms with Crippen LogP contribution in [-0.2, 0) is 6.42 Å². The van der Waals surface area contributed by atoms with E-state index in [1.807, 2.05) is 47.8 Å². The Morgan fingerprint density at radius 2 is 1.80 bits per heavy atom. The first-order valence-corrected chi connectivity index (χ1v) is 10.6. The number of aromatic nitrogens is 2. The van der Waals surface area contributed by atoms with Gasteiger partial charge in [0, 0.05) is 36.4 Å². The number of carbonyl (C=O) groups excluding carboxylic acids is 1. The number of amides is 1. The Labute approximate surface area is 180 Å². The highest BCUT2D eigenvalue weighted by molar-refractivity contribution is 8.00. The van der Waals surface area contributed by atoms with Crippen molar-refractivity contribution < 1.29 is 4.79 Å². The molecule has 1 aliphatic rings. The molecule has 7 heteroatoms. The molecule has 2 heterocycles. The van der Waals surface area contributed by atoms with E-state index in [2.05, 4.69) is 39.2 Å². The standard InChI is InChI=1S/C23H23N5OS/c1-27(23-24-14-5-15-25-23)30-21-12-9-18(10-13-21)8-11-20-16-28(17-26-20)22(29)19-6-3-2-4-7-19/h2-7,9-10,12-15,17,20H,8,11,16H2,1H3. The average Bonchev–Trinajstić information content (AvgIpc) is 3.28. The van der Waals surface area contributed by atoms with Gasteiger partial charge in [0.2, 0.25) is 5.95 Å². The molecule has 1 unspecified atom stereocenters. The van der Waals surface area contributed by atoms with Crippen molar-refractivity contribution in [2.24, 2.45) is 4.99 Å². The number of carbonyl (C=O) groups is 1. The zero-order valence-corrected chi connectivity index (χ0v) is 17.6. The summed E-state index contributed by atoms with van der Waals surface area (Å²) in [6.07, 6.45) is 7.00. The van der Waals surface area contributed by atoms with Gasteiger partial charge in [0.25, 0.3) is 5.91 Å². The summed E-state index contributed by atoms with van der Waals surface area (Å²) in [4.78, 5) is 28.4. The molecule has 4 rings (SSSR count). The Morgan fingerprint density at radius 3 is 2.53 bits per heavy atom. The van der Waals surface area contributed by atoms with Gasteiger partial charge in [-0.25, -0.2) is 9.97 Å². The van der Waals surface area contributed by atoms with E-state index in [1.54, 1.807) is 35.6 Å². The minimum Gasteiger partial charge on any atom is -0.297 e. The third-order valence-corrected chi connectivity index (χ3v) is 5.79. The monoisotopic (exact) mass is 417 g/mol. The highest BCUT2D eigenvalue weighted by Gasteiger charge is 2.23. The summed E-state index contributed by atoms with van der Waals surface area (Å²) >= 11 is 1.59. The van der Waals surface area contributed by atoms with E-state index in [0.29, 0.717) is 18.1 Å². The van der Waals surface area contributed by atoms with Crippen molar-refractivity contribution in [3.63, 3.8) is 0 Å². The minimum absolute atomic E-state index is 0.00902. The topological polar surface area (TPSA) is 61.7 Å². The quantitative estimate of drug-likeness (QED) is 0.542. The van der Waals surface area contributed by atoms with Crippen LogP contribution in [0.3, 0.4) is 0 Å². The molecule has 2 aromatic carbocycles. The molecule has 1 atom stereocenters. The van der Waals surface area contributed by atoms with Crippen molar-refractivity contribution in [1.29, 1.82) is 0 Å². The smallest absolute Gasteiger partial charge is 0.259 e. The van der Waals surface area contributed by atoms with Gasteiger partial charge in [-0.3, -0.25) is 19.0 Å². The second kappa shape index (κ2) is 9.54. The van der Waals surface area contributed by atoms with Crippen LogP contribution in [-0.4, -0.2) is 46.7 Å². The summed E-state index contributed by atoms with van der Waals surface area (Å²) in [6.45, 7) is 0.642. The average molecular weight is 418 g/mol. The number of aryl methyl sites for hydroxylation is 1. The van der Waals surface area contributed by atoms with E-state index in [0.717, 1.165) is 17.7 Å². The van der Waals surface area contributed by atoms with E-state index < -0.39 is 0 Å². The third kappa shape index (κ3) is 5.04. The number of hydrogen-bond acceptors (Lipinski definition) is 6. The minimum atomic E-state index is 0.00902. The highest BCUT2D eigenvalue weighted by Crippen LogP contribution is 2.25. The van der Waals surface area contributed by atoms with Crippen LogP contribution in [0.5, 0.6) is 0 Å². The first kappa shape index (κ1) is 20.1. The fourth-order valence-corrected chi connectivity index (χ4v) is 4.00. The Kier molecular flexibility index (Phi) is 6.39. The molecule has 3 aromatic rings. The fraction of sp³-hybridized carbons (Fsp3) is 0.217. The predicted molar refractivity (Wildman–Crippen MR) is 121 cm³/mol. The molecule has 0 saturated carbocycles. The Balaban J connectivity index is 1.26. The molecular formula is C23H23N5OS. The third-order valence-electron chi connectivity index (χ3n) is 4.87. The molecule has 0 N–H and O–H groups in total. The maximum atomic E-state index is 12.5. The molecule has 1 aromatic heterocycles. The molecular weight excluding hydrogens is 394 g/mol. The molecule has 0 saturated heterocycles. The van der Waals surface area contributed by atoms with E-state index in [-0.39, 0.29) is 11.9 Å². The molecule has 0 spiro atoms. The molecule has 30 heavy (non-hydrogen) atoms. The van der Waals surface area contributed by atoms with E-state index in [4.69, 9.17) is 0 Å². The van der Waals surface area contributed by atoms with Gasteiger partial charge in [0.05, 0.1) is 12.4 Å². The van der Waals surface area contributed by atoms with Crippen molar-refractivity contribution in [3.05, 3.63) is 84.2 Å². The molecule has 6 nitrogen and oxygen atoms in total. The van der Waals surface area contributed by atoms with Crippen LogP contribution in [0.25, 0.3) is 0 Å². The lowest BCUT2D eigenvalue weighted by atomic mass is 10.1. The lowest BCUT2D eigenvalue weighted by molar-refractivity contribution is 0.0856.